The molecule has 0 aliphatic heterocycles. The van der Waals surface area contributed by atoms with Crippen molar-refractivity contribution in [3.05, 3.63) is 83.7 Å². The zero-order valence-electron chi connectivity index (χ0n) is 13.6. The molecule has 2 aromatic carbocycles. The van der Waals surface area contributed by atoms with E-state index in [-0.39, 0.29) is 6.03 Å². The number of carbonyl (C=O) groups is 1. The van der Waals surface area contributed by atoms with Crippen LogP contribution in [0.1, 0.15) is 16.7 Å². The van der Waals surface area contributed by atoms with Crippen molar-refractivity contribution >= 4 is 6.03 Å². The highest BCUT2D eigenvalue weighted by Gasteiger charge is 2.02. The third-order valence-corrected chi connectivity index (χ3v) is 3.71. The summed E-state index contributed by atoms with van der Waals surface area (Å²) in [7, 11) is 0. The first kappa shape index (κ1) is 15.8. The number of hydrogen-bond donors (Lipinski definition) is 2. The molecule has 2 N–H and O–H groups in total. The second-order valence-corrected chi connectivity index (χ2v) is 5.64. The maximum Gasteiger partial charge on any atom is 0.315 e. The van der Waals surface area contributed by atoms with E-state index in [1.807, 2.05) is 67.7 Å². The second kappa shape index (κ2) is 7.46. The number of aromatic nitrogens is 2. The first-order valence-electron chi connectivity index (χ1n) is 7.87. The van der Waals surface area contributed by atoms with Crippen LogP contribution in [0.15, 0.2) is 67.0 Å². The number of nitrogens with zero attached hydrogens (tertiary/aromatic N) is 2. The number of hydrogen-bond acceptors (Lipinski definition) is 2. The molecule has 0 radical (unpaired) electrons. The van der Waals surface area contributed by atoms with E-state index in [1.54, 1.807) is 10.9 Å². The van der Waals surface area contributed by atoms with Crippen LogP contribution in [0.3, 0.4) is 0 Å². The zero-order valence-corrected chi connectivity index (χ0v) is 13.6. The van der Waals surface area contributed by atoms with Gasteiger partial charge in [-0.1, -0.05) is 42.0 Å². The van der Waals surface area contributed by atoms with Crippen molar-refractivity contribution in [2.75, 3.05) is 0 Å². The third kappa shape index (κ3) is 4.23. The van der Waals surface area contributed by atoms with Gasteiger partial charge in [0.25, 0.3) is 0 Å². The predicted octanol–water partition coefficient (Wildman–Crippen LogP) is 3.18. The van der Waals surface area contributed by atoms with Crippen molar-refractivity contribution in [1.29, 1.82) is 0 Å². The maximum absolute atomic E-state index is 11.9. The summed E-state index contributed by atoms with van der Waals surface area (Å²) in [4.78, 5) is 11.9. The standard InChI is InChI=1S/C19H20N4O/c1-15-6-8-16(9-7-15)13-20-19(24)21-14-17-4-2-5-18(12-17)23-11-3-10-22-23/h2-12H,13-14H2,1H3,(H2,20,21,24). The Labute approximate surface area is 141 Å². The largest absolute Gasteiger partial charge is 0.334 e. The Bertz CT molecular complexity index is 794. The molecule has 122 valence electrons. The van der Waals surface area contributed by atoms with Crippen LogP contribution in [-0.2, 0) is 13.1 Å². The van der Waals surface area contributed by atoms with Crippen LogP contribution in [0.2, 0.25) is 0 Å². The fourth-order valence-corrected chi connectivity index (χ4v) is 2.36. The van der Waals surface area contributed by atoms with E-state index in [4.69, 9.17) is 0 Å². The first-order chi connectivity index (χ1) is 11.7. The molecular formula is C19H20N4O. The van der Waals surface area contributed by atoms with Crippen molar-refractivity contribution in [3.63, 3.8) is 0 Å². The van der Waals surface area contributed by atoms with Crippen LogP contribution in [0.5, 0.6) is 0 Å². The molecule has 2 amide bonds. The van der Waals surface area contributed by atoms with Crippen molar-refractivity contribution in [3.8, 4) is 5.69 Å². The quantitative estimate of drug-likeness (QED) is 0.758. The van der Waals surface area contributed by atoms with Gasteiger partial charge in [-0.3, -0.25) is 0 Å². The van der Waals surface area contributed by atoms with Gasteiger partial charge in [0, 0.05) is 25.5 Å². The van der Waals surface area contributed by atoms with Crippen LogP contribution in [0, 0.1) is 6.92 Å². The zero-order chi connectivity index (χ0) is 16.8. The molecule has 3 rings (SSSR count). The Morgan fingerprint density at radius 1 is 1.00 bits per heavy atom. The maximum atomic E-state index is 11.9. The lowest BCUT2D eigenvalue weighted by Crippen LogP contribution is -2.34. The molecule has 5 nitrogen and oxygen atoms in total. The summed E-state index contributed by atoms with van der Waals surface area (Å²) in [6.45, 7) is 3.02. The predicted molar refractivity (Wildman–Crippen MR) is 93.8 cm³/mol. The molecule has 0 fully saturated rings. The van der Waals surface area contributed by atoms with E-state index >= 15 is 0 Å². The Hall–Kier alpha value is -3.08. The first-order valence-corrected chi connectivity index (χ1v) is 7.87. The minimum absolute atomic E-state index is 0.180. The molecule has 1 heterocycles. The van der Waals surface area contributed by atoms with Crippen molar-refractivity contribution < 1.29 is 4.79 Å². The number of amides is 2. The van der Waals surface area contributed by atoms with Gasteiger partial charge in [-0.2, -0.15) is 5.10 Å². The van der Waals surface area contributed by atoms with Crippen LogP contribution in [0.4, 0.5) is 4.79 Å². The van der Waals surface area contributed by atoms with Crippen LogP contribution < -0.4 is 10.6 Å². The summed E-state index contributed by atoms with van der Waals surface area (Å²) >= 11 is 0. The highest BCUT2D eigenvalue weighted by atomic mass is 16.2. The van der Waals surface area contributed by atoms with Gasteiger partial charge in [-0.05, 0) is 36.2 Å². The summed E-state index contributed by atoms with van der Waals surface area (Å²) < 4.78 is 1.79. The number of urea groups is 1. The highest BCUT2D eigenvalue weighted by Crippen LogP contribution is 2.09. The summed E-state index contributed by atoms with van der Waals surface area (Å²) in [5, 5.41) is 9.95. The molecular weight excluding hydrogens is 300 g/mol. The smallest absolute Gasteiger partial charge is 0.315 e. The van der Waals surface area contributed by atoms with E-state index in [9.17, 15) is 4.79 Å². The van der Waals surface area contributed by atoms with Gasteiger partial charge >= 0.3 is 6.03 Å². The summed E-state index contributed by atoms with van der Waals surface area (Å²) in [5.41, 5.74) is 4.28. The van der Waals surface area contributed by atoms with E-state index < -0.39 is 0 Å². The highest BCUT2D eigenvalue weighted by molar-refractivity contribution is 5.73. The van der Waals surface area contributed by atoms with E-state index in [0.717, 1.165) is 16.8 Å². The number of aryl methyl sites for hydroxylation is 1. The van der Waals surface area contributed by atoms with Gasteiger partial charge in [0.15, 0.2) is 0 Å². The molecule has 0 aliphatic carbocycles. The molecule has 0 unspecified atom stereocenters. The molecule has 1 aromatic heterocycles. The van der Waals surface area contributed by atoms with Crippen LogP contribution in [0.25, 0.3) is 5.69 Å². The van der Waals surface area contributed by atoms with Gasteiger partial charge < -0.3 is 10.6 Å². The fourth-order valence-electron chi connectivity index (χ4n) is 2.36. The Kier molecular flexibility index (Phi) is 4.91. The molecule has 0 aliphatic rings. The molecule has 3 aromatic rings. The number of benzene rings is 2. The van der Waals surface area contributed by atoms with Gasteiger partial charge in [0.1, 0.15) is 0 Å². The average Bonchev–Trinajstić information content (AvgIpc) is 3.14. The van der Waals surface area contributed by atoms with Crippen molar-refractivity contribution in [2.45, 2.75) is 20.0 Å². The molecule has 0 saturated heterocycles. The Balaban J connectivity index is 1.51. The lowest BCUT2D eigenvalue weighted by molar-refractivity contribution is 0.240. The van der Waals surface area contributed by atoms with Crippen molar-refractivity contribution in [1.82, 2.24) is 20.4 Å². The molecule has 5 heteroatoms. The van der Waals surface area contributed by atoms with Gasteiger partial charge in [-0.25, -0.2) is 9.48 Å². The van der Waals surface area contributed by atoms with Crippen molar-refractivity contribution in [2.24, 2.45) is 0 Å². The van der Waals surface area contributed by atoms with Crippen LogP contribution >= 0.6 is 0 Å². The lowest BCUT2D eigenvalue weighted by Gasteiger charge is -2.09. The average molecular weight is 320 g/mol. The van der Waals surface area contributed by atoms with E-state index in [0.29, 0.717) is 13.1 Å². The number of nitrogens with one attached hydrogen (secondary N) is 2. The molecule has 0 bridgehead atoms. The summed E-state index contributed by atoms with van der Waals surface area (Å²) in [6, 6.07) is 17.7. The Morgan fingerprint density at radius 3 is 2.46 bits per heavy atom. The van der Waals surface area contributed by atoms with Gasteiger partial charge in [-0.15, -0.1) is 0 Å². The van der Waals surface area contributed by atoms with E-state index in [1.165, 1.54) is 5.56 Å². The molecule has 0 atom stereocenters. The molecule has 0 saturated carbocycles. The number of carbonyl (C=O) groups excluding carboxylic acids is 1. The lowest BCUT2D eigenvalue weighted by atomic mass is 10.1. The topological polar surface area (TPSA) is 59.0 Å². The summed E-state index contributed by atoms with van der Waals surface area (Å²) in [6.07, 6.45) is 3.63. The second-order valence-electron chi connectivity index (χ2n) is 5.64. The Morgan fingerprint density at radius 2 is 1.75 bits per heavy atom. The van der Waals surface area contributed by atoms with Crippen LogP contribution in [-0.4, -0.2) is 15.8 Å². The minimum Gasteiger partial charge on any atom is -0.334 e. The third-order valence-electron chi connectivity index (χ3n) is 3.71. The molecule has 0 spiro atoms. The van der Waals surface area contributed by atoms with Gasteiger partial charge in [0.2, 0.25) is 0 Å². The van der Waals surface area contributed by atoms with Gasteiger partial charge in [0.05, 0.1) is 5.69 Å². The number of rotatable bonds is 5. The fraction of sp³-hybridized carbons (Fsp3) is 0.158. The monoisotopic (exact) mass is 320 g/mol. The summed E-state index contributed by atoms with van der Waals surface area (Å²) in [5.74, 6) is 0. The minimum atomic E-state index is -0.180. The SMILES string of the molecule is Cc1ccc(CNC(=O)NCc2cccc(-n3cccn3)c2)cc1. The normalized spacial score (nSPS) is 10.4. The molecule has 24 heavy (non-hydrogen) atoms. The van der Waals surface area contributed by atoms with E-state index in [2.05, 4.69) is 15.7 Å².